The third kappa shape index (κ3) is 5.03. The van der Waals surface area contributed by atoms with Crippen LogP contribution in [0.5, 0.6) is 0 Å². The first-order valence-electron chi connectivity index (χ1n) is 12.2. The second-order valence-corrected chi connectivity index (χ2v) is 11.8. The second kappa shape index (κ2) is 9.80. The van der Waals surface area contributed by atoms with Gasteiger partial charge >= 0.3 is 18.0 Å². The number of carbonyl (C=O) groups is 3. The summed E-state index contributed by atoms with van der Waals surface area (Å²) in [5.41, 5.74) is -2.84. The summed E-state index contributed by atoms with van der Waals surface area (Å²) in [5, 5.41) is 27.6. The van der Waals surface area contributed by atoms with Crippen LogP contribution in [-0.4, -0.2) is 52.5 Å². The van der Waals surface area contributed by atoms with Gasteiger partial charge in [-0.25, -0.2) is 4.79 Å². The van der Waals surface area contributed by atoms with Gasteiger partial charge in [-0.05, 0) is 52.0 Å². The van der Waals surface area contributed by atoms with E-state index in [-0.39, 0.29) is 13.0 Å². The quantitative estimate of drug-likeness (QED) is 0.461. The average Bonchev–Trinajstić information content (AvgIpc) is 2.69. The molecule has 1 aromatic rings. The van der Waals surface area contributed by atoms with Crippen LogP contribution < -0.4 is 10.6 Å². The summed E-state index contributed by atoms with van der Waals surface area (Å²) in [4.78, 5) is 38.9. The van der Waals surface area contributed by atoms with E-state index in [1.807, 2.05) is 52.0 Å². The maximum atomic E-state index is 13.2. The minimum absolute atomic E-state index is 0.0262. The van der Waals surface area contributed by atoms with Crippen molar-refractivity contribution in [1.82, 2.24) is 10.6 Å². The predicted octanol–water partition coefficient (Wildman–Crippen LogP) is 4.56. The van der Waals surface area contributed by atoms with Crippen molar-refractivity contribution in [2.45, 2.75) is 92.3 Å². The molecule has 8 heteroatoms. The molecule has 0 aromatic heterocycles. The lowest BCUT2D eigenvalue weighted by atomic mass is 9.44. The van der Waals surface area contributed by atoms with Gasteiger partial charge in [0.1, 0.15) is 5.60 Å². The van der Waals surface area contributed by atoms with Crippen LogP contribution in [0.1, 0.15) is 78.9 Å². The minimum Gasteiger partial charge on any atom is -0.481 e. The van der Waals surface area contributed by atoms with Crippen LogP contribution in [0.4, 0.5) is 4.79 Å². The smallest absolute Gasteiger partial charge is 0.407 e. The van der Waals surface area contributed by atoms with Gasteiger partial charge in [0.05, 0.1) is 10.8 Å². The molecule has 35 heavy (non-hydrogen) atoms. The van der Waals surface area contributed by atoms with Gasteiger partial charge in [-0.1, -0.05) is 57.5 Å². The van der Waals surface area contributed by atoms with Gasteiger partial charge in [0.25, 0.3) is 0 Å². The number of carbonyl (C=O) groups excluding carboxylic acids is 1. The van der Waals surface area contributed by atoms with E-state index < -0.39 is 57.9 Å². The van der Waals surface area contributed by atoms with E-state index in [0.29, 0.717) is 5.56 Å². The van der Waals surface area contributed by atoms with Crippen LogP contribution in [-0.2, 0) is 14.3 Å². The highest BCUT2D eigenvalue weighted by Crippen LogP contribution is 2.63. The van der Waals surface area contributed by atoms with Crippen LogP contribution in [0.3, 0.4) is 0 Å². The Labute approximate surface area is 208 Å². The molecule has 0 aliphatic carbocycles. The summed E-state index contributed by atoms with van der Waals surface area (Å²) in [6.45, 7) is 16.3. The summed E-state index contributed by atoms with van der Waals surface area (Å²) in [7, 11) is 0. The van der Waals surface area contributed by atoms with Crippen molar-refractivity contribution in [2.24, 2.45) is 16.2 Å². The largest absolute Gasteiger partial charge is 0.481 e. The number of aryl methyl sites for hydroxylation is 1. The number of benzene rings is 1. The molecule has 1 aromatic carbocycles. The van der Waals surface area contributed by atoms with Crippen LogP contribution in [0.15, 0.2) is 24.3 Å². The number of nitrogens with one attached hydrogen (secondary N) is 2. The van der Waals surface area contributed by atoms with E-state index in [0.717, 1.165) is 5.56 Å². The molecule has 196 valence electrons. The molecule has 0 spiro atoms. The molecule has 1 amide bonds. The number of alkyl carbamates (subject to hydrolysis) is 1. The van der Waals surface area contributed by atoms with Crippen molar-refractivity contribution in [3.8, 4) is 0 Å². The molecular weight excluding hydrogens is 448 g/mol. The van der Waals surface area contributed by atoms with E-state index in [2.05, 4.69) is 10.6 Å². The summed E-state index contributed by atoms with van der Waals surface area (Å²) in [6.07, 6.45) is -0.494. The zero-order valence-electron chi connectivity index (χ0n) is 22.5. The van der Waals surface area contributed by atoms with Gasteiger partial charge < -0.3 is 25.6 Å². The number of aliphatic carboxylic acids is 2. The Morgan fingerprint density at radius 2 is 1.57 bits per heavy atom. The zero-order valence-corrected chi connectivity index (χ0v) is 22.5. The third-order valence-corrected chi connectivity index (χ3v) is 7.56. The molecule has 5 unspecified atom stereocenters. The molecule has 0 bridgehead atoms. The van der Waals surface area contributed by atoms with Gasteiger partial charge in [0.2, 0.25) is 0 Å². The van der Waals surface area contributed by atoms with E-state index in [1.165, 1.54) is 0 Å². The first-order valence-corrected chi connectivity index (χ1v) is 12.2. The molecule has 5 atom stereocenters. The fourth-order valence-corrected chi connectivity index (χ4v) is 6.09. The molecule has 1 saturated heterocycles. The van der Waals surface area contributed by atoms with Crippen molar-refractivity contribution < 1.29 is 29.3 Å². The maximum absolute atomic E-state index is 13.2. The number of carboxylic acid groups (broad SMARTS) is 2. The highest BCUT2D eigenvalue weighted by molar-refractivity contribution is 5.85. The van der Waals surface area contributed by atoms with Crippen LogP contribution in [0.2, 0.25) is 0 Å². The van der Waals surface area contributed by atoms with Crippen molar-refractivity contribution in [3.63, 3.8) is 0 Å². The number of carboxylic acids is 2. The number of piperidine rings is 1. The van der Waals surface area contributed by atoms with Gasteiger partial charge in [0.15, 0.2) is 0 Å². The number of rotatable bonds is 6. The molecule has 1 aliphatic heterocycles. The van der Waals surface area contributed by atoms with Gasteiger partial charge in [-0.2, -0.15) is 0 Å². The Balaban J connectivity index is 2.78. The van der Waals surface area contributed by atoms with E-state index in [1.54, 1.807) is 34.6 Å². The molecule has 2 rings (SSSR count). The second-order valence-electron chi connectivity index (χ2n) is 11.8. The summed E-state index contributed by atoms with van der Waals surface area (Å²) in [5.74, 6) is -3.03. The fourth-order valence-electron chi connectivity index (χ4n) is 6.09. The van der Waals surface area contributed by atoms with Crippen molar-refractivity contribution in [1.29, 1.82) is 0 Å². The minimum atomic E-state index is -1.53. The normalized spacial score (nSPS) is 29.3. The summed E-state index contributed by atoms with van der Waals surface area (Å²) >= 11 is 0. The van der Waals surface area contributed by atoms with Crippen LogP contribution in [0.25, 0.3) is 0 Å². The molecule has 1 aliphatic rings. The topological polar surface area (TPSA) is 125 Å². The first-order chi connectivity index (χ1) is 15.9. The number of hydrogen-bond acceptors (Lipinski definition) is 5. The molecule has 4 N–H and O–H groups in total. The Bertz CT molecular complexity index is 946. The predicted molar refractivity (Wildman–Crippen MR) is 134 cm³/mol. The standard InChI is InChI=1S/C27H42N2O6/c1-10-26(21(30)31)19(15-28-23(34)35-25(7,8)9)29-17(3)27(22(32)33,24(4,5)6)20(26)18-13-11-16(2)12-14-18/h11-14,17,19-20,29H,10,15H2,1-9H3,(H,28,34)(H,30,31)(H,32,33). The SMILES string of the molecule is CCC1(C(=O)O)C(CNC(=O)OC(C)(C)C)NC(C)C(C(=O)O)(C(C)(C)C)C1c1ccc(C)cc1. The molecule has 0 radical (unpaired) electrons. The Morgan fingerprint density at radius 1 is 1.03 bits per heavy atom. The van der Waals surface area contributed by atoms with Gasteiger partial charge in [-0.3, -0.25) is 9.59 Å². The fraction of sp³-hybridized carbons (Fsp3) is 0.667. The lowest BCUT2D eigenvalue weighted by Crippen LogP contribution is -2.74. The molecule has 8 nitrogen and oxygen atoms in total. The highest BCUT2D eigenvalue weighted by atomic mass is 16.6. The van der Waals surface area contributed by atoms with Crippen molar-refractivity contribution in [2.75, 3.05) is 6.54 Å². The maximum Gasteiger partial charge on any atom is 0.407 e. The Kier molecular flexibility index (Phi) is 8.02. The molecular formula is C27H42N2O6. The zero-order chi connectivity index (χ0) is 27.0. The number of ether oxygens (including phenoxy) is 1. The third-order valence-electron chi connectivity index (χ3n) is 7.56. The number of hydrogen-bond donors (Lipinski definition) is 4. The summed E-state index contributed by atoms with van der Waals surface area (Å²) in [6, 6.07) is 6.10. The van der Waals surface area contributed by atoms with Gasteiger partial charge in [-0.15, -0.1) is 0 Å². The monoisotopic (exact) mass is 490 g/mol. The first kappa shape index (κ1) is 28.6. The lowest BCUT2D eigenvalue weighted by Gasteiger charge is -2.62. The Hall–Kier alpha value is -2.61. The van der Waals surface area contributed by atoms with E-state index in [4.69, 9.17) is 4.74 Å². The van der Waals surface area contributed by atoms with E-state index in [9.17, 15) is 24.6 Å². The highest BCUT2D eigenvalue weighted by Gasteiger charge is 2.70. The van der Waals surface area contributed by atoms with Crippen molar-refractivity contribution >= 4 is 18.0 Å². The molecule has 1 fully saturated rings. The van der Waals surface area contributed by atoms with Crippen LogP contribution >= 0.6 is 0 Å². The summed E-state index contributed by atoms with van der Waals surface area (Å²) < 4.78 is 5.36. The Morgan fingerprint density at radius 3 is 1.97 bits per heavy atom. The van der Waals surface area contributed by atoms with E-state index >= 15 is 0 Å². The van der Waals surface area contributed by atoms with Crippen LogP contribution in [0, 0.1) is 23.2 Å². The van der Waals surface area contributed by atoms with Crippen molar-refractivity contribution in [3.05, 3.63) is 35.4 Å². The van der Waals surface area contributed by atoms with Gasteiger partial charge in [0, 0.05) is 24.5 Å². The molecule has 1 heterocycles. The average molecular weight is 491 g/mol. The number of amides is 1. The lowest BCUT2D eigenvalue weighted by molar-refractivity contribution is -0.185. The molecule has 0 saturated carbocycles.